The Morgan fingerprint density at radius 3 is 2.53 bits per heavy atom. The normalized spacial score (nSPS) is 13.6. The number of rotatable bonds is 2. The molecule has 4 heteroatoms. The highest BCUT2D eigenvalue weighted by atomic mass is 16.5. The fourth-order valence-corrected chi connectivity index (χ4v) is 1.82. The minimum absolute atomic E-state index is 0.0945. The molecule has 1 heterocycles. The molecule has 0 aliphatic rings. The van der Waals surface area contributed by atoms with Crippen molar-refractivity contribution in [3.05, 3.63) is 35.2 Å². The Balaban J connectivity index is 2.39. The van der Waals surface area contributed by atoms with Crippen LogP contribution in [0.3, 0.4) is 0 Å². The summed E-state index contributed by atoms with van der Waals surface area (Å²) < 4.78 is 5.36. The Kier molecular flexibility index (Phi) is 3.45. The quantitative estimate of drug-likeness (QED) is 0.897. The van der Waals surface area contributed by atoms with Crippen molar-refractivity contribution in [1.29, 1.82) is 0 Å². The monoisotopic (exact) mass is 259 g/mol. The zero-order chi connectivity index (χ0) is 14.2. The molecule has 0 fully saturated rings. The third-order valence-corrected chi connectivity index (χ3v) is 3.28. The molecule has 2 aromatic rings. The lowest BCUT2D eigenvalue weighted by atomic mass is 9.87. The lowest BCUT2D eigenvalue weighted by Crippen LogP contribution is -2.27. The summed E-state index contributed by atoms with van der Waals surface area (Å²) >= 11 is 0. The van der Waals surface area contributed by atoms with Crippen LogP contribution in [-0.2, 0) is 0 Å². The molecule has 2 N–H and O–H groups in total. The second-order valence-electron chi connectivity index (χ2n) is 6.12. The molecular weight excluding hydrogens is 238 g/mol. The Morgan fingerprint density at radius 1 is 1.21 bits per heavy atom. The van der Waals surface area contributed by atoms with Gasteiger partial charge >= 0.3 is 0 Å². The summed E-state index contributed by atoms with van der Waals surface area (Å²) in [6, 6.07) is 5.93. The first kappa shape index (κ1) is 13.7. The van der Waals surface area contributed by atoms with E-state index in [9.17, 15) is 0 Å². The second kappa shape index (κ2) is 4.78. The van der Waals surface area contributed by atoms with Crippen molar-refractivity contribution in [1.82, 2.24) is 10.1 Å². The van der Waals surface area contributed by atoms with Crippen molar-refractivity contribution in [2.24, 2.45) is 11.1 Å². The van der Waals surface area contributed by atoms with E-state index in [1.165, 1.54) is 5.56 Å². The van der Waals surface area contributed by atoms with E-state index in [0.717, 1.165) is 11.1 Å². The Bertz CT molecular complexity index is 581. The average Bonchev–Trinajstić information content (AvgIpc) is 2.79. The average molecular weight is 259 g/mol. The van der Waals surface area contributed by atoms with E-state index >= 15 is 0 Å². The van der Waals surface area contributed by atoms with Gasteiger partial charge in [-0.25, -0.2) is 0 Å². The molecule has 1 atom stereocenters. The first-order valence-electron chi connectivity index (χ1n) is 6.46. The summed E-state index contributed by atoms with van der Waals surface area (Å²) in [5, 5.41) is 4.02. The van der Waals surface area contributed by atoms with Crippen molar-refractivity contribution < 1.29 is 4.52 Å². The van der Waals surface area contributed by atoms with Crippen LogP contribution in [0.5, 0.6) is 0 Å². The van der Waals surface area contributed by atoms with Crippen LogP contribution in [-0.4, -0.2) is 10.1 Å². The third kappa shape index (κ3) is 2.84. The van der Waals surface area contributed by atoms with Crippen molar-refractivity contribution in [2.45, 2.75) is 40.7 Å². The van der Waals surface area contributed by atoms with Crippen molar-refractivity contribution >= 4 is 0 Å². The minimum Gasteiger partial charge on any atom is -0.334 e. The largest absolute Gasteiger partial charge is 0.334 e. The maximum atomic E-state index is 6.15. The molecule has 0 aliphatic carbocycles. The molecule has 0 bridgehead atoms. The summed E-state index contributed by atoms with van der Waals surface area (Å²) in [7, 11) is 0. The molecule has 102 valence electrons. The molecular formula is C15H21N3O. The lowest BCUT2D eigenvalue weighted by molar-refractivity contribution is 0.303. The van der Waals surface area contributed by atoms with E-state index in [1.54, 1.807) is 0 Å². The SMILES string of the molecule is Cc1ccc(C)c(-c2nc(C(N)C(C)(C)C)no2)c1. The number of benzene rings is 1. The summed E-state index contributed by atoms with van der Waals surface area (Å²) in [5.41, 5.74) is 9.31. The van der Waals surface area contributed by atoms with Crippen LogP contribution in [0, 0.1) is 19.3 Å². The number of nitrogens with zero attached hydrogens (tertiary/aromatic N) is 2. The molecule has 0 spiro atoms. The van der Waals surface area contributed by atoms with Crippen LogP contribution < -0.4 is 5.73 Å². The fourth-order valence-electron chi connectivity index (χ4n) is 1.82. The molecule has 4 nitrogen and oxygen atoms in total. The Labute approximate surface area is 114 Å². The van der Waals surface area contributed by atoms with Gasteiger partial charge in [0.1, 0.15) is 0 Å². The van der Waals surface area contributed by atoms with Gasteiger partial charge in [-0.1, -0.05) is 43.6 Å². The standard InChI is InChI=1S/C15H21N3O/c1-9-6-7-10(2)11(8-9)14-17-13(18-19-14)12(16)15(3,4)5/h6-8,12H,16H2,1-5H3. The van der Waals surface area contributed by atoms with Crippen molar-refractivity contribution in [2.75, 3.05) is 0 Å². The first-order valence-corrected chi connectivity index (χ1v) is 6.46. The van der Waals surface area contributed by atoms with Gasteiger partial charge in [0.15, 0.2) is 5.82 Å². The summed E-state index contributed by atoms with van der Waals surface area (Å²) in [5.74, 6) is 1.10. The Hall–Kier alpha value is -1.68. The number of hydrogen-bond acceptors (Lipinski definition) is 4. The van der Waals surface area contributed by atoms with Gasteiger partial charge in [-0.2, -0.15) is 4.98 Å². The molecule has 1 aromatic carbocycles. The van der Waals surface area contributed by atoms with Gasteiger partial charge in [-0.05, 0) is 30.9 Å². The van der Waals surface area contributed by atoms with Gasteiger partial charge in [-0.3, -0.25) is 0 Å². The van der Waals surface area contributed by atoms with E-state index in [4.69, 9.17) is 10.3 Å². The van der Waals surface area contributed by atoms with Crippen molar-refractivity contribution in [3.63, 3.8) is 0 Å². The zero-order valence-corrected chi connectivity index (χ0v) is 12.2. The summed E-state index contributed by atoms with van der Waals surface area (Å²) in [6.07, 6.45) is 0. The molecule has 0 saturated heterocycles. The van der Waals surface area contributed by atoms with Crippen LogP contribution in [0.2, 0.25) is 0 Å². The lowest BCUT2D eigenvalue weighted by Gasteiger charge is -2.23. The van der Waals surface area contributed by atoms with Crippen LogP contribution in [0.4, 0.5) is 0 Å². The summed E-state index contributed by atoms with van der Waals surface area (Å²) in [4.78, 5) is 4.45. The van der Waals surface area contributed by atoms with Crippen LogP contribution in [0.15, 0.2) is 22.7 Å². The van der Waals surface area contributed by atoms with E-state index in [0.29, 0.717) is 11.7 Å². The molecule has 0 radical (unpaired) electrons. The zero-order valence-electron chi connectivity index (χ0n) is 12.2. The summed E-state index contributed by atoms with van der Waals surface area (Å²) in [6.45, 7) is 10.3. The van der Waals surface area contributed by atoms with E-state index in [1.807, 2.05) is 13.8 Å². The molecule has 1 unspecified atom stereocenters. The molecule has 2 rings (SSSR count). The second-order valence-corrected chi connectivity index (χ2v) is 6.12. The van der Waals surface area contributed by atoms with Gasteiger partial charge in [-0.15, -0.1) is 0 Å². The maximum absolute atomic E-state index is 6.15. The van der Waals surface area contributed by atoms with E-state index in [2.05, 4.69) is 49.1 Å². The number of hydrogen-bond donors (Lipinski definition) is 1. The third-order valence-electron chi connectivity index (χ3n) is 3.28. The molecule has 0 saturated carbocycles. The number of aromatic nitrogens is 2. The Morgan fingerprint density at radius 2 is 1.89 bits per heavy atom. The van der Waals surface area contributed by atoms with E-state index in [-0.39, 0.29) is 11.5 Å². The van der Waals surface area contributed by atoms with E-state index < -0.39 is 0 Å². The van der Waals surface area contributed by atoms with Crippen molar-refractivity contribution in [3.8, 4) is 11.5 Å². The van der Waals surface area contributed by atoms with Gasteiger partial charge in [0, 0.05) is 5.56 Å². The first-order chi connectivity index (χ1) is 8.79. The minimum atomic E-state index is -0.241. The van der Waals surface area contributed by atoms with Crippen LogP contribution in [0.25, 0.3) is 11.5 Å². The number of aryl methyl sites for hydroxylation is 2. The van der Waals surface area contributed by atoms with Crippen LogP contribution in [0.1, 0.15) is 43.8 Å². The highest BCUT2D eigenvalue weighted by molar-refractivity contribution is 5.59. The van der Waals surface area contributed by atoms with Gasteiger partial charge in [0.2, 0.25) is 0 Å². The molecule has 0 aliphatic heterocycles. The highest BCUT2D eigenvalue weighted by Crippen LogP contribution is 2.30. The molecule has 0 amide bonds. The van der Waals surface area contributed by atoms with Gasteiger partial charge < -0.3 is 10.3 Å². The highest BCUT2D eigenvalue weighted by Gasteiger charge is 2.27. The van der Waals surface area contributed by atoms with Gasteiger partial charge in [0.05, 0.1) is 6.04 Å². The number of nitrogens with two attached hydrogens (primary N) is 1. The fraction of sp³-hybridized carbons (Fsp3) is 0.467. The molecule has 1 aromatic heterocycles. The predicted molar refractivity (Wildman–Crippen MR) is 75.6 cm³/mol. The maximum Gasteiger partial charge on any atom is 0.258 e. The predicted octanol–water partition coefficient (Wildman–Crippen LogP) is 3.40. The van der Waals surface area contributed by atoms with Gasteiger partial charge in [0.25, 0.3) is 5.89 Å². The van der Waals surface area contributed by atoms with Crippen LogP contribution >= 0.6 is 0 Å². The topological polar surface area (TPSA) is 64.9 Å². The smallest absolute Gasteiger partial charge is 0.258 e. The molecule has 19 heavy (non-hydrogen) atoms.